The Morgan fingerprint density at radius 2 is 1.76 bits per heavy atom. The Hall–Kier alpha value is -2.35. The van der Waals surface area contributed by atoms with E-state index >= 15 is 0 Å². The summed E-state index contributed by atoms with van der Waals surface area (Å²) < 4.78 is 0. The van der Waals surface area contributed by atoms with Crippen molar-refractivity contribution in [2.75, 3.05) is 6.54 Å². The highest BCUT2D eigenvalue weighted by Gasteiger charge is 2.26. The first-order chi connectivity index (χ1) is 9.81. The third-order valence-electron chi connectivity index (χ3n) is 3.40. The number of benzene rings is 1. The maximum Gasteiger partial charge on any atom is 0.336 e. The molecule has 112 valence electrons. The molecule has 0 atom stereocenters. The summed E-state index contributed by atoms with van der Waals surface area (Å²) in [5.41, 5.74) is 1.45. The summed E-state index contributed by atoms with van der Waals surface area (Å²) >= 11 is 0. The van der Waals surface area contributed by atoms with E-state index in [2.05, 4.69) is 0 Å². The lowest BCUT2D eigenvalue weighted by Crippen LogP contribution is -2.39. The van der Waals surface area contributed by atoms with Crippen molar-refractivity contribution < 1.29 is 14.7 Å². The van der Waals surface area contributed by atoms with Crippen LogP contribution < -0.4 is 0 Å². The number of nitrogens with zero attached hydrogens (tertiary/aromatic N) is 2. The molecule has 0 radical (unpaired) electrons. The Labute approximate surface area is 124 Å². The van der Waals surface area contributed by atoms with E-state index in [0.29, 0.717) is 17.7 Å². The Morgan fingerprint density at radius 1 is 1.24 bits per heavy atom. The summed E-state index contributed by atoms with van der Waals surface area (Å²) in [6.45, 7) is 7.39. The fourth-order valence-corrected chi connectivity index (χ4v) is 2.27. The summed E-state index contributed by atoms with van der Waals surface area (Å²) in [4.78, 5) is 25.8. The van der Waals surface area contributed by atoms with E-state index in [1.54, 1.807) is 26.0 Å². The van der Waals surface area contributed by atoms with Gasteiger partial charge in [-0.05, 0) is 38.8 Å². The molecule has 0 saturated carbocycles. The third kappa shape index (κ3) is 3.60. The molecule has 0 unspecified atom stereocenters. The van der Waals surface area contributed by atoms with Gasteiger partial charge in [0, 0.05) is 12.6 Å². The van der Waals surface area contributed by atoms with Crippen molar-refractivity contribution in [3.8, 4) is 6.07 Å². The molecule has 0 aromatic heterocycles. The minimum atomic E-state index is -1.11. The van der Waals surface area contributed by atoms with Crippen molar-refractivity contribution in [1.82, 2.24) is 4.90 Å². The summed E-state index contributed by atoms with van der Waals surface area (Å²) in [5.74, 6) is -1.44. The zero-order chi connectivity index (χ0) is 16.2. The van der Waals surface area contributed by atoms with Crippen LogP contribution in [0.4, 0.5) is 0 Å². The summed E-state index contributed by atoms with van der Waals surface area (Å²) in [5, 5.41) is 18.1. The quantitative estimate of drug-likeness (QED) is 0.903. The van der Waals surface area contributed by atoms with Crippen molar-refractivity contribution in [2.45, 2.75) is 40.2 Å². The first-order valence-electron chi connectivity index (χ1n) is 6.82. The van der Waals surface area contributed by atoms with Crippen molar-refractivity contribution in [3.63, 3.8) is 0 Å². The Balaban J connectivity index is 3.37. The zero-order valence-electron chi connectivity index (χ0n) is 12.8. The van der Waals surface area contributed by atoms with Crippen molar-refractivity contribution in [3.05, 3.63) is 34.4 Å². The topological polar surface area (TPSA) is 81.4 Å². The molecule has 0 heterocycles. The van der Waals surface area contributed by atoms with Gasteiger partial charge in [-0.15, -0.1) is 0 Å². The molecule has 0 saturated heterocycles. The van der Waals surface area contributed by atoms with E-state index in [-0.39, 0.29) is 29.5 Å². The van der Waals surface area contributed by atoms with Gasteiger partial charge < -0.3 is 10.0 Å². The fourth-order valence-electron chi connectivity index (χ4n) is 2.27. The number of amides is 1. The second kappa shape index (κ2) is 6.89. The van der Waals surface area contributed by atoms with Gasteiger partial charge in [0.1, 0.15) is 0 Å². The molecular formula is C16H20N2O3. The van der Waals surface area contributed by atoms with E-state index in [1.165, 1.54) is 4.90 Å². The van der Waals surface area contributed by atoms with E-state index in [1.807, 2.05) is 19.9 Å². The van der Waals surface area contributed by atoms with Crippen LogP contribution in [-0.4, -0.2) is 34.5 Å². The number of carbonyl (C=O) groups is 2. The number of hydrogen-bond donors (Lipinski definition) is 1. The molecule has 5 nitrogen and oxygen atoms in total. The number of carbonyl (C=O) groups excluding carboxylic acids is 1. The van der Waals surface area contributed by atoms with Crippen LogP contribution in [0.1, 0.15) is 52.1 Å². The molecule has 0 aliphatic heterocycles. The number of aryl methyl sites for hydroxylation is 2. The predicted molar refractivity (Wildman–Crippen MR) is 79.3 cm³/mol. The van der Waals surface area contributed by atoms with E-state index in [9.17, 15) is 14.7 Å². The predicted octanol–water partition coefficient (Wildman–Crippen LogP) is 2.77. The molecule has 0 fully saturated rings. The van der Waals surface area contributed by atoms with Crippen molar-refractivity contribution in [2.24, 2.45) is 0 Å². The van der Waals surface area contributed by atoms with Crippen molar-refractivity contribution >= 4 is 11.9 Å². The van der Waals surface area contributed by atoms with E-state index in [0.717, 1.165) is 0 Å². The van der Waals surface area contributed by atoms with E-state index < -0.39 is 5.97 Å². The second-order valence-corrected chi connectivity index (χ2v) is 5.25. The second-order valence-electron chi connectivity index (χ2n) is 5.25. The van der Waals surface area contributed by atoms with Crippen LogP contribution in [0.25, 0.3) is 0 Å². The van der Waals surface area contributed by atoms with E-state index in [4.69, 9.17) is 5.26 Å². The van der Waals surface area contributed by atoms with Gasteiger partial charge in [-0.25, -0.2) is 4.79 Å². The van der Waals surface area contributed by atoms with Crippen LogP contribution in [0.3, 0.4) is 0 Å². The van der Waals surface area contributed by atoms with Crippen LogP contribution >= 0.6 is 0 Å². The monoisotopic (exact) mass is 288 g/mol. The highest BCUT2D eigenvalue weighted by atomic mass is 16.4. The molecule has 1 aromatic carbocycles. The Bertz CT molecular complexity index is 600. The fraction of sp³-hybridized carbons (Fsp3) is 0.438. The van der Waals surface area contributed by atoms with Gasteiger partial charge in [0.25, 0.3) is 5.91 Å². The van der Waals surface area contributed by atoms with Crippen molar-refractivity contribution in [1.29, 1.82) is 5.26 Å². The molecule has 1 amide bonds. The van der Waals surface area contributed by atoms with Crippen LogP contribution in [0.5, 0.6) is 0 Å². The van der Waals surface area contributed by atoms with Gasteiger partial charge in [0.2, 0.25) is 0 Å². The summed E-state index contributed by atoms with van der Waals surface area (Å²) in [6, 6.07) is 5.36. The zero-order valence-corrected chi connectivity index (χ0v) is 12.8. The Morgan fingerprint density at radius 3 is 2.19 bits per heavy atom. The van der Waals surface area contributed by atoms with Crippen LogP contribution in [0.15, 0.2) is 12.1 Å². The molecule has 0 spiro atoms. The van der Waals surface area contributed by atoms with Gasteiger partial charge in [0.15, 0.2) is 0 Å². The normalized spacial score (nSPS) is 10.3. The first-order valence-corrected chi connectivity index (χ1v) is 6.82. The highest BCUT2D eigenvalue weighted by Crippen LogP contribution is 2.22. The molecule has 0 aliphatic rings. The van der Waals surface area contributed by atoms with Gasteiger partial charge in [-0.2, -0.15) is 5.26 Å². The maximum absolute atomic E-state index is 12.7. The smallest absolute Gasteiger partial charge is 0.336 e. The molecule has 5 heteroatoms. The van der Waals surface area contributed by atoms with Gasteiger partial charge in [0.05, 0.1) is 23.6 Å². The number of carboxylic acid groups (broad SMARTS) is 1. The molecule has 1 aromatic rings. The number of nitriles is 1. The third-order valence-corrected chi connectivity index (χ3v) is 3.40. The lowest BCUT2D eigenvalue weighted by atomic mass is 9.95. The minimum absolute atomic E-state index is 0.0441. The molecule has 1 N–H and O–H groups in total. The van der Waals surface area contributed by atoms with Crippen LogP contribution in [-0.2, 0) is 0 Å². The van der Waals surface area contributed by atoms with Crippen LogP contribution in [0.2, 0.25) is 0 Å². The average molecular weight is 288 g/mol. The molecule has 1 rings (SSSR count). The lowest BCUT2D eigenvalue weighted by Gasteiger charge is -2.27. The number of aromatic carboxylic acids is 1. The minimum Gasteiger partial charge on any atom is -0.478 e. The molecule has 0 aliphatic carbocycles. The first kappa shape index (κ1) is 16.7. The average Bonchev–Trinajstić information content (AvgIpc) is 2.40. The molecule has 21 heavy (non-hydrogen) atoms. The number of rotatable bonds is 5. The van der Waals surface area contributed by atoms with Crippen LogP contribution in [0, 0.1) is 25.2 Å². The van der Waals surface area contributed by atoms with Gasteiger partial charge in [-0.1, -0.05) is 12.1 Å². The molecule has 0 bridgehead atoms. The highest BCUT2D eigenvalue weighted by molar-refractivity contribution is 6.06. The summed E-state index contributed by atoms with van der Waals surface area (Å²) in [6.07, 6.45) is 0.219. The largest absolute Gasteiger partial charge is 0.478 e. The van der Waals surface area contributed by atoms with Gasteiger partial charge >= 0.3 is 5.97 Å². The standard InChI is InChI=1S/C16H20N2O3/c1-10(2)18(9-5-8-17)15(19)13-11(3)6-7-12(4)14(13)16(20)21/h6-7,10H,5,9H2,1-4H3,(H,20,21). The summed E-state index contributed by atoms with van der Waals surface area (Å²) in [7, 11) is 0. The maximum atomic E-state index is 12.7. The number of carboxylic acids is 1. The lowest BCUT2D eigenvalue weighted by molar-refractivity contribution is 0.0658. The SMILES string of the molecule is Cc1ccc(C)c(C(=O)N(CCC#N)C(C)C)c1C(=O)O. The Kier molecular flexibility index (Phi) is 5.48. The number of hydrogen-bond acceptors (Lipinski definition) is 3. The van der Waals surface area contributed by atoms with Gasteiger partial charge in [-0.3, -0.25) is 4.79 Å². The molecular weight excluding hydrogens is 268 g/mol.